The van der Waals surface area contributed by atoms with Gasteiger partial charge in [-0.15, -0.1) is 0 Å². The highest BCUT2D eigenvalue weighted by molar-refractivity contribution is 5.98. The zero-order chi connectivity index (χ0) is 27.8. The van der Waals surface area contributed by atoms with Crippen LogP contribution in [0.2, 0.25) is 0 Å². The van der Waals surface area contributed by atoms with Crippen molar-refractivity contribution in [3.63, 3.8) is 0 Å². The normalized spacial score (nSPS) is 13.9. The molecule has 12 heteroatoms. The number of rotatable bonds is 17. The first-order valence-electron chi connectivity index (χ1n) is 12.6. The number of nitrogens with one attached hydrogen (secondary N) is 3. The second kappa shape index (κ2) is 16.9. The van der Waals surface area contributed by atoms with Gasteiger partial charge in [-0.3, -0.25) is 24.2 Å². The molecule has 0 unspecified atom stereocenters. The van der Waals surface area contributed by atoms with Crippen LogP contribution in [0.1, 0.15) is 62.7 Å². The maximum Gasteiger partial charge on any atom is 0.251 e. The van der Waals surface area contributed by atoms with Crippen LogP contribution in [0.5, 0.6) is 0 Å². The molecule has 0 aliphatic rings. The Hall–Kier alpha value is -3.67. The van der Waals surface area contributed by atoms with Gasteiger partial charge in [-0.05, 0) is 56.7 Å². The lowest BCUT2D eigenvalue weighted by Crippen LogP contribution is -2.57. The van der Waals surface area contributed by atoms with Gasteiger partial charge in [0.1, 0.15) is 18.1 Å². The fourth-order valence-electron chi connectivity index (χ4n) is 3.62. The van der Waals surface area contributed by atoms with Crippen molar-refractivity contribution in [2.45, 2.75) is 70.5 Å². The molecule has 206 valence electrons. The summed E-state index contributed by atoms with van der Waals surface area (Å²) >= 11 is 0. The van der Waals surface area contributed by atoms with Crippen LogP contribution in [0, 0.1) is 5.92 Å². The minimum Gasteiger partial charge on any atom is -0.370 e. The largest absolute Gasteiger partial charge is 0.370 e. The number of nitrogens with two attached hydrogens (primary N) is 4. The highest BCUT2D eigenvalue weighted by Crippen LogP contribution is 2.10. The zero-order valence-corrected chi connectivity index (χ0v) is 21.7. The first-order valence-corrected chi connectivity index (χ1v) is 12.6. The van der Waals surface area contributed by atoms with Crippen molar-refractivity contribution in [1.29, 1.82) is 0 Å². The van der Waals surface area contributed by atoms with Crippen LogP contribution in [-0.4, -0.2) is 60.8 Å². The topological polar surface area (TPSA) is 221 Å². The number of primary amides is 1. The van der Waals surface area contributed by atoms with E-state index < -0.39 is 41.8 Å². The standard InChI is InChI=1S/C25H42N8O4/c1-3-16(2)20(21(27)34)33-24(37)18(12-7-8-14-26)32-23(36)19(13-9-15-30-25(28)29)31-22(35)17-10-5-4-6-11-17/h4-6,10-11,16,18-20H,3,7-9,12-15,26H2,1-2H3,(H2,27,34)(H,31,35)(H,32,36)(H,33,37)(H4,28,29,30)/t16-,18-,19-,20-/m0/s1. The summed E-state index contributed by atoms with van der Waals surface area (Å²) in [7, 11) is 0. The summed E-state index contributed by atoms with van der Waals surface area (Å²) in [5.41, 5.74) is 22.2. The Labute approximate surface area is 218 Å². The van der Waals surface area contributed by atoms with E-state index in [0.29, 0.717) is 44.2 Å². The van der Waals surface area contributed by atoms with Crippen molar-refractivity contribution < 1.29 is 19.2 Å². The molecule has 1 aromatic rings. The number of unbranched alkanes of at least 4 members (excludes halogenated alkanes) is 1. The van der Waals surface area contributed by atoms with Gasteiger partial charge in [-0.2, -0.15) is 0 Å². The smallest absolute Gasteiger partial charge is 0.251 e. The Bertz CT molecular complexity index is 905. The van der Waals surface area contributed by atoms with Gasteiger partial charge in [0.05, 0.1) is 0 Å². The second-order valence-electron chi connectivity index (χ2n) is 8.96. The van der Waals surface area contributed by atoms with Crippen molar-refractivity contribution >= 4 is 29.6 Å². The van der Waals surface area contributed by atoms with Crippen molar-refractivity contribution in [2.75, 3.05) is 13.1 Å². The Morgan fingerprint density at radius 2 is 1.46 bits per heavy atom. The van der Waals surface area contributed by atoms with Gasteiger partial charge >= 0.3 is 0 Å². The summed E-state index contributed by atoms with van der Waals surface area (Å²) in [6.45, 7) is 4.39. The Balaban J connectivity index is 3.06. The molecule has 0 saturated carbocycles. The van der Waals surface area contributed by atoms with Gasteiger partial charge in [0.15, 0.2) is 5.96 Å². The average molecular weight is 519 g/mol. The highest BCUT2D eigenvalue weighted by atomic mass is 16.2. The van der Waals surface area contributed by atoms with E-state index in [0.717, 1.165) is 0 Å². The predicted octanol–water partition coefficient (Wildman–Crippen LogP) is -0.531. The van der Waals surface area contributed by atoms with Gasteiger partial charge in [0.25, 0.3) is 5.91 Å². The molecule has 37 heavy (non-hydrogen) atoms. The first kappa shape index (κ1) is 31.4. The molecule has 0 bridgehead atoms. The number of hydrogen-bond acceptors (Lipinski definition) is 6. The number of benzene rings is 1. The summed E-state index contributed by atoms with van der Waals surface area (Å²) in [4.78, 5) is 55.0. The molecule has 0 saturated heterocycles. The molecule has 12 nitrogen and oxygen atoms in total. The van der Waals surface area contributed by atoms with E-state index in [1.165, 1.54) is 0 Å². The average Bonchev–Trinajstić information content (AvgIpc) is 2.87. The van der Waals surface area contributed by atoms with E-state index in [4.69, 9.17) is 22.9 Å². The monoisotopic (exact) mass is 518 g/mol. The summed E-state index contributed by atoms with van der Waals surface area (Å²) in [6.07, 6.45) is 2.79. The Morgan fingerprint density at radius 1 is 0.865 bits per heavy atom. The van der Waals surface area contributed by atoms with Crippen LogP contribution >= 0.6 is 0 Å². The second-order valence-corrected chi connectivity index (χ2v) is 8.96. The fraction of sp³-hybridized carbons (Fsp3) is 0.560. The minimum absolute atomic E-state index is 0.0729. The highest BCUT2D eigenvalue weighted by Gasteiger charge is 2.30. The van der Waals surface area contributed by atoms with Gasteiger partial charge in [0, 0.05) is 12.1 Å². The van der Waals surface area contributed by atoms with E-state index in [1.807, 2.05) is 13.8 Å². The van der Waals surface area contributed by atoms with E-state index in [9.17, 15) is 19.2 Å². The maximum atomic E-state index is 13.3. The maximum absolute atomic E-state index is 13.3. The number of carbonyl (C=O) groups excluding carboxylic acids is 4. The molecular formula is C25H42N8O4. The van der Waals surface area contributed by atoms with Crippen molar-refractivity contribution in [3.8, 4) is 0 Å². The van der Waals surface area contributed by atoms with E-state index >= 15 is 0 Å². The molecule has 0 aliphatic heterocycles. The third kappa shape index (κ3) is 11.7. The van der Waals surface area contributed by atoms with Crippen LogP contribution in [0.15, 0.2) is 35.3 Å². The molecule has 4 atom stereocenters. The van der Waals surface area contributed by atoms with Gasteiger partial charge in [-0.25, -0.2) is 0 Å². The van der Waals surface area contributed by atoms with Crippen LogP contribution in [0.25, 0.3) is 0 Å². The lowest BCUT2D eigenvalue weighted by molar-refractivity contribution is -0.132. The van der Waals surface area contributed by atoms with Crippen LogP contribution < -0.4 is 38.9 Å². The summed E-state index contributed by atoms with van der Waals surface area (Å²) in [6, 6.07) is 5.70. The summed E-state index contributed by atoms with van der Waals surface area (Å²) < 4.78 is 0. The van der Waals surface area contributed by atoms with Crippen molar-refractivity contribution in [1.82, 2.24) is 16.0 Å². The SMILES string of the molecule is CC[C@H](C)[C@H](NC(=O)[C@H](CCCCN)NC(=O)[C@H](CCCN=C(N)N)NC(=O)c1ccccc1)C(N)=O. The van der Waals surface area contributed by atoms with Gasteiger partial charge < -0.3 is 38.9 Å². The quantitative estimate of drug-likeness (QED) is 0.0810. The molecule has 0 radical (unpaired) electrons. The third-order valence-electron chi connectivity index (χ3n) is 6.00. The number of guanidine groups is 1. The number of hydrogen-bond donors (Lipinski definition) is 7. The van der Waals surface area contributed by atoms with Crippen molar-refractivity contribution in [2.24, 2.45) is 33.8 Å². The van der Waals surface area contributed by atoms with E-state index in [-0.39, 0.29) is 24.8 Å². The van der Waals surface area contributed by atoms with Crippen molar-refractivity contribution in [3.05, 3.63) is 35.9 Å². The molecule has 0 aliphatic carbocycles. The van der Waals surface area contributed by atoms with Gasteiger partial charge in [0.2, 0.25) is 17.7 Å². The Morgan fingerprint density at radius 3 is 2.03 bits per heavy atom. The molecule has 4 amide bonds. The first-order chi connectivity index (χ1) is 17.6. The number of nitrogens with zero attached hydrogens (tertiary/aromatic N) is 1. The summed E-state index contributed by atoms with van der Waals surface area (Å²) in [5.74, 6) is -2.41. The van der Waals surface area contributed by atoms with Crippen LogP contribution in [-0.2, 0) is 14.4 Å². The molecule has 1 aromatic carbocycles. The van der Waals surface area contributed by atoms with Crippen LogP contribution in [0.4, 0.5) is 0 Å². The number of amides is 4. The number of aliphatic imine (C=N–C) groups is 1. The molecule has 0 aromatic heterocycles. The van der Waals surface area contributed by atoms with Gasteiger partial charge in [-0.1, -0.05) is 38.5 Å². The van der Waals surface area contributed by atoms with Crippen LogP contribution in [0.3, 0.4) is 0 Å². The molecule has 0 spiro atoms. The fourth-order valence-corrected chi connectivity index (χ4v) is 3.62. The molecule has 0 fully saturated rings. The molecule has 1 rings (SSSR count). The van der Waals surface area contributed by atoms with E-state index in [1.54, 1.807) is 30.3 Å². The lowest BCUT2D eigenvalue weighted by Gasteiger charge is -2.26. The lowest BCUT2D eigenvalue weighted by atomic mass is 9.97. The third-order valence-corrected chi connectivity index (χ3v) is 6.00. The molecule has 0 heterocycles. The Kier molecular flexibility index (Phi) is 14.3. The van der Waals surface area contributed by atoms with E-state index in [2.05, 4.69) is 20.9 Å². The molecular weight excluding hydrogens is 476 g/mol. The minimum atomic E-state index is -0.951. The molecule has 11 N–H and O–H groups in total. The zero-order valence-electron chi connectivity index (χ0n) is 21.7. The number of carbonyl (C=O) groups is 4. The summed E-state index contributed by atoms with van der Waals surface area (Å²) in [5, 5.41) is 8.15. The predicted molar refractivity (Wildman–Crippen MR) is 143 cm³/mol.